The number of thiophene rings is 1. The molecule has 0 saturated heterocycles. The van der Waals surface area contributed by atoms with Gasteiger partial charge in [-0.1, -0.05) is 0 Å². The zero-order valence-electron chi connectivity index (χ0n) is 11.6. The number of carbonyl (C=O) groups excluding carboxylic acids is 1. The summed E-state index contributed by atoms with van der Waals surface area (Å²) in [5.74, 6) is 0.742. The molecule has 0 radical (unpaired) electrons. The highest BCUT2D eigenvalue weighted by Crippen LogP contribution is 2.24. The fourth-order valence-corrected chi connectivity index (χ4v) is 2.80. The molecule has 0 unspecified atom stereocenters. The van der Waals surface area contributed by atoms with E-state index in [-0.39, 0.29) is 11.7 Å². The zero-order chi connectivity index (χ0) is 15.4. The first kappa shape index (κ1) is 14.3. The number of amides is 1. The Labute approximate surface area is 130 Å². The summed E-state index contributed by atoms with van der Waals surface area (Å²) in [5.41, 5.74) is 1.43. The molecule has 0 aliphatic carbocycles. The fraction of sp³-hybridized carbons (Fsp3) is 0.133. The maximum atomic E-state index is 11.9. The van der Waals surface area contributed by atoms with Gasteiger partial charge in [0.1, 0.15) is 17.9 Å². The van der Waals surface area contributed by atoms with Gasteiger partial charge in [-0.15, -0.1) is 11.3 Å². The van der Waals surface area contributed by atoms with Gasteiger partial charge in [0, 0.05) is 18.7 Å². The highest BCUT2D eigenvalue weighted by Gasteiger charge is 2.06. The third-order valence-corrected chi connectivity index (χ3v) is 3.99. The first-order chi connectivity index (χ1) is 10.7. The number of hydrogen-bond donors (Lipinski definition) is 3. The van der Waals surface area contributed by atoms with Crippen LogP contribution in [0.3, 0.4) is 0 Å². The standard InChI is InChI=1S/C15H14N4O2S/c20-11-3-1-10(2-4-11)15(21)17-7-6-16-14-13-12(5-8-22-13)18-9-19-14/h1-5,8-9,20H,6-7H2,(H,17,21)(H,16,18,19). The van der Waals surface area contributed by atoms with Crippen LogP contribution in [-0.2, 0) is 0 Å². The number of rotatable bonds is 5. The number of phenolic OH excluding ortho intramolecular Hbond substituents is 1. The highest BCUT2D eigenvalue weighted by atomic mass is 32.1. The molecular weight excluding hydrogens is 300 g/mol. The molecule has 3 rings (SSSR count). The topological polar surface area (TPSA) is 87.1 Å². The van der Waals surface area contributed by atoms with Crippen molar-refractivity contribution in [3.8, 4) is 5.75 Å². The Morgan fingerprint density at radius 3 is 2.77 bits per heavy atom. The maximum absolute atomic E-state index is 11.9. The van der Waals surface area contributed by atoms with E-state index >= 15 is 0 Å². The molecule has 1 aromatic carbocycles. The Morgan fingerprint density at radius 1 is 1.14 bits per heavy atom. The molecule has 0 aliphatic heterocycles. The molecule has 6 nitrogen and oxygen atoms in total. The molecule has 3 aromatic rings. The minimum absolute atomic E-state index is 0.141. The van der Waals surface area contributed by atoms with E-state index in [4.69, 9.17) is 0 Å². The summed E-state index contributed by atoms with van der Waals surface area (Å²) in [4.78, 5) is 20.3. The lowest BCUT2D eigenvalue weighted by Gasteiger charge is -2.08. The highest BCUT2D eigenvalue weighted by molar-refractivity contribution is 7.17. The van der Waals surface area contributed by atoms with Gasteiger partial charge in [-0.05, 0) is 35.7 Å². The predicted octanol–water partition coefficient (Wildman–Crippen LogP) is 2.24. The lowest BCUT2D eigenvalue weighted by Crippen LogP contribution is -2.28. The number of hydrogen-bond acceptors (Lipinski definition) is 6. The van der Waals surface area contributed by atoms with E-state index in [9.17, 15) is 9.90 Å². The molecule has 22 heavy (non-hydrogen) atoms. The normalized spacial score (nSPS) is 10.5. The third kappa shape index (κ3) is 3.15. The molecule has 3 N–H and O–H groups in total. The summed E-state index contributed by atoms with van der Waals surface area (Å²) < 4.78 is 1.01. The second-order valence-electron chi connectivity index (χ2n) is 4.59. The van der Waals surface area contributed by atoms with Crippen LogP contribution < -0.4 is 10.6 Å². The molecule has 2 heterocycles. The van der Waals surface area contributed by atoms with Gasteiger partial charge in [0.15, 0.2) is 0 Å². The molecule has 0 aliphatic rings. The number of benzene rings is 1. The number of phenols is 1. The van der Waals surface area contributed by atoms with Gasteiger partial charge in [0.05, 0.1) is 10.2 Å². The van der Waals surface area contributed by atoms with Crippen LogP contribution in [0.5, 0.6) is 5.75 Å². The Kier molecular flexibility index (Phi) is 4.15. The van der Waals surface area contributed by atoms with Gasteiger partial charge >= 0.3 is 0 Å². The summed E-state index contributed by atoms with van der Waals surface area (Å²) >= 11 is 1.58. The number of anilines is 1. The van der Waals surface area contributed by atoms with Gasteiger partial charge in [0.2, 0.25) is 0 Å². The first-order valence-electron chi connectivity index (χ1n) is 6.73. The number of nitrogens with zero attached hydrogens (tertiary/aromatic N) is 2. The summed E-state index contributed by atoms with van der Waals surface area (Å²) in [6.07, 6.45) is 1.52. The van der Waals surface area contributed by atoms with Crippen molar-refractivity contribution in [2.75, 3.05) is 18.4 Å². The molecule has 2 aromatic heterocycles. The van der Waals surface area contributed by atoms with Gasteiger partial charge in [-0.25, -0.2) is 9.97 Å². The van der Waals surface area contributed by atoms with E-state index in [2.05, 4.69) is 20.6 Å². The Morgan fingerprint density at radius 2 is 1.95 bits per heavy atom. The predicted molar refractivity (Wildman–Crippen MR) is 86.3 cm³/mol. The molecule has 0 spiro atoms. The Bertz CT molecular complexity index is 786. The third-order valence-electron chi connectivity index (χ3n) is 3.08. The summed E-state index contributed by atoms with van der Waals surface area (Å²) in [5, 5.41) is 17.2. The van der Waals surface area contributed by atoms with Crippen LogP contribution in [0, 0.1) is 0 Å². The van der Waals surface area contributed by atoms with Crippen LogP contribution in [-0.4, -0.2) is 34.1 Å². The smallest absolute Gasteiger partial charge is 0.251 e. The van der Waals surface area contributed by atoms with Crippen LogP contribution in [0.2, 0.25) is 0 Å². The van der Waals surface area contributed by atoms with Crippen molar-refractivity contribution >= 4 is 33.3 Å². The molecular formula is C15H14N4O2S. The second-order valence-corrected chi connectivity index (χ2v) is 5.50. The average molecular weight is 314 g/mol. The van der Waals surface area contributed by atoms with E-state index in [0.29, 0.717) is 18.7 Å². The van der Waals surface area contributed by atoms with E-state index in [1.54, 1.807) is 23.5 Å². The van der Waals surface area contributed by atoms with Crippen molar-refractivity contribution in [3.05, 3.63) is 47.6 Å². The lowest BCUT2D eigenvalue weighted by molar-refractivity contribution is 0.0955. The second kappa shape index (κ2) is 6.40. The number of aromatic nitrogens is 2. The molecule has 0 atom stereocenters. The monoisotopic (exact) mass is 314 g/mol. The number of fused-ring (bicyclic) bond motifs is 1. The number of aromatic hydroxyl groups is 1. The lowest BCUT2D eigenvalue weighted by atomic mass is 10.2. The molecule has 0 saturated carbocycles. The van der Waals surface area contributed by atoms with E-state index in [0.717, 1.165) is 16.0 Å². The fourth-order valence-electron chi connectivity index (χ4n) is 1.99. The van der Waals surface area contributed by atoms with Gasteiger partial charge < -0.3 is 15.7 Å². The first-order valence-corrected chi connectivity index (χ1v) is 7.61. The zero-order valence-corrected chi connectivity index (χ0v) is 12.4. The van der Waals surface area contributed by atoms with Gasteiger partial charge in [-0.3, -0.25) is 4.79 Å². The molecule has 7 heteroatoms. The van der Waals surface area contributed by atoms with E-state index < -0.39 is 0 Å². The van der Waals surface area contributed by atoms with Crippen molar-refractivity contribution in [3.63, 3.8) is 0 Å². The molecule has 112 valence electrons. The maximum Gasteiger partial charge on any atom is 0.251 e. The van der Waals surface area contributed by atoms with Crippen molar-refractivity contribution in [1.82, 2.24) is 15.3 Å². The van der Waals surface area contributed by atoms with Crippen LogP contribution in [0.1, 0.15) is 10.4 Å². The van der Waals surface area contributed by atoms with Crippen molar-refractivity contribution < 1.29 is 9.90 Å². The molecule has 0 bridgehead atoms. The van der Waals surface area contributed by atoms with E-state index in [1.165, 1.54) is 18.5 Å². The number of carbonyl (C=O) groups is 1. The van der Waals surface area contributed by atoms with E-state index in [1.807, 2.05) is 11.4 Å². The summed E-state index contributed by atoms with van der Waals surface area (Å²) in [6.45, 7) is 1.03. The van der Waals surface area contributed by atoms with Gasteiger partial charge in [0.25, 0.3) is 5.91 Å². The SMILES string of the molecule is O=C(NCCNc1ncnc2ccsc12)c1ccc(O)cc1. The quantitative estimate of drug-likeness (QED) is 0.629. The van der Waals surface area contributed by atoms with Crippen LogP contribution in [0.4, 0.5) is 5.82 Å². The largest absolute Gasteiger partial charge is 0.508 e. The Balaban J connectivity index is 1.52. The van der Waals surface area contributed by atoms with Gasteiger partial charge in [-0.2, -0.15) is 0 Å². The minimum Gasteiger partial charge on any atom is -0.508 e. The number of nitrogens with one attached hydrogen (secondary N) is 2. The van der Waals surface area contributed by atoms with Crippen molar-refractivity contribution in [2.24, 2.45) is 0 Å². The van der Waals surface area contributed by atoms with Crippen molar-refractivity contribution in [2.45, 2.75) is 0 Å². The average Bonchev–Trinajstić information content (AvgIpc) is 3.01. The molecule has 0 fully saturated rings. The van der Waals surface area contributed by atoms with Crippen LogP contribution >= 0.6 is 11.3 Å². The molecule has 1 amide bonds. The Hall–Kier alpha value is -2.67. The van der Waals surface area contributed by atoms with Crippen LogP contribution in [0.25, 0.3) is 10.2 Å². The summed E-state index contributed by atoms with van der Waals surface area (Å²) in [7, 11) is 0. The minimum atomic E-state index is -0.175. The summed E-state index contributed by atoms with van der Waals surface area (Å²) in [6, 6.07) is 8.08. The van der Waals surface area contributed by atoms with Crippen LogP contribution in [0.15, 0.2) is 42.0 Å². The van der Waals surface area contributed by atoms with Crippen molar-refractivity contribution in [1.29, 1.82) is 0 Å².